The Labute approximate surface area is 237 Å². The molecule has 3 amide bonds. The van der Waals surface area contributed by atoms with Gasteiger partial charge in [-0.2, -0.15) is 4.31 Å². The average Bonchev–Trinajstić information content (AvgIpc) is 2.92. The molecule has 13 heteroatoms. The van der Waals surface area contributed by atoms with E-state index in [4.69, 9.17) is 14.7 Å². The Morgan fingerprint density at radius 2 is 1.68 bits per heavy atom. The van der Waals surface area contributed by atoms with Crippen LogP contribution < -0.4 is 15.5 Å². The van der Waals surface area contributed by atoms with Gasteiger partial charge >= 0.3 is 6.09 Å². The highest BCUT2D eigenvalue weighted by Crippen LogP contribution is 2.22. The van der Waals surface area contributed by atoms with Crippen LogP contribution in [0.25, 0.3) is 0 Å². The standard InChI is InChI=1S/C27H44N4O8S/c1-27(2,3)39-26(34)28-20-21-13-17-30(18-14-21)25(33)15-19-31(16-7-5-6-8-24(32)29-35)40(36,37)23-11-9-22(38-4)10-12-23/h9-12,21,35H,5-8,13-20H2,1-4H3,(H,28,34)(H,29,32). The Morgan fingerprint density at radius 1 is 1.02 bits per heavy atom. The number of amides is 3. The number of carbonyl (C=O) groups is 3. The van der Waals surface area contributed by atoms with E-state index in [2.05, 4.69) is 5.32 Å². The lowest BCUT2D eigenvalue weighted by Gasteiger charge is -2.33. The molecular formula is C27H44N4O8S. The molecule has 1 heterocycles. The number of hydrogen-bond donors (Lipinski definition) is 3. The van der Waals surface area contributed by atoms with Crippen molar-refractivity contribution in [2.45, 2.75) is 76.2 Å². The zero-order valence-electron chi connectivity index (χ0n) is 24.0. The zero-order chi connectivity index (χ0) is 29.8. The van der Waals surface area contributed by atoms with Crippen LogP contribution >= 0.6 is 0 Å². The topological polar surface area (TPSA) is 155 Å². The molecule has 0 radical (unpaired) electrons. The van der Waals surface area contributed by atoms with Gasteiger partial charge in [0.15, 0.2) is 0 Å². The minimum absolute atomic E-state index is 0.0322. The van der Waals surface area contributed by atoms with Crippen molar-refractivity contribution in [3.05, 3.63) is 24.3 Å². The van der Waals surface area contributed by atoms with Crippen molar-refractivity contribution in [1.82, 2.24) is 20.0 Å². The Bertz CT molecular complexity index is 1060. The molecule has 1 aliphatic heterocycles. The Hall–Kier alpha value is -2.90. The third-order valence-electron chi connectivity index (χ3n) is 6.61. The number of nitrogens with one attached hydrogen (secondary N) is 2. The summed E-state index contributed by atoms with van der Waals surface area (Å²) < 4.78 is 38.5. The molecule has 3 N–H and O–H groups in total. The van der Waals surface area contributed by atoms with Gasteiger partial charge < -0.3 is 19.7 Å². The number of methoxy groups -OCH3 is 1. The maximum Gasteiger partial charge on any atom is 0.407 e. The first-order chi connectivity index (χ1) is 18.9. The summed E-state index contributed by atoms with van der Waals surface area (Å²) in [6, 6.07) is 6.10. The van der Waals surface area contributed by atoms with Gasteiger partial charge in [0.2, 0.25) is 21.8 Å². The monoisotopic (exact) mass is 584 g/mol. The van der Waals surface area contributed by atoms with E-state index in [0.717, 1.165) is 12.8 Å². The van der Waals surface area contributed by atoms with Gasteiger partial charge in [0.05, 0.1) is 12.0 Å². The summed E-state index contributed by atoms with van der Waals surface area (Å²) in [6.07, 6.45) is 2.78. The van der Waals surface area contributed by atoms with Crippen molar-refractivity contribution in [3.8, 4) is 5.75 Å². The number of benzene rings is 1. The number of ether oxygens (including phenoxy) is 2. The number of sulfonamides is 1. The summed E-state index contributed by atoms with van der Waals surface area (Å²) in [6.45, 7) is 7.20. The minimum Gasteiger partial charge on any atom is -0.497 e. The molecule has 0 unspecified atom stereocenters. The molecule has 1 aromatic carbocycles. The molecule has 0 saturated carbocycles. The van der Waals surface area contributed by atoms with Gasteiger partial charge in [-0.15, -0.1) is 0 Å². The molecule has 1 aliphatic rings. The van der Waals surface area contributed by atoms with Crippen LogP contribution in [0.1, 0.15) is 65.7 Å². The second-order valence-corrected chi connectivity index (χ2v) is 12.8. The first-order valence-electron chi connectivity index (χ1n) is 13.7. The van der Waals surface area contributed by atoms with Crippen molar-refractivity contribution in [1.29, 1.82) is 0 Å². The van der Waals surface area contributed by atoms with Gasteiger partial charge in [-0.3, -0.25) is 14.8 Å². The van der Waals surface area contributed by atoms with Gasteiger partial charge in [0, 0.05) is 45.6 Å². The van der Waals surface area contributed by atoms with E-state index < -0.39 is 27.6 Å². The fraction of sp³-hybridized carbons (Fsp3) is 0.667. The SMILES string of the molecule is COc1ccc(S(=O)(=O)N(CCCCCC(=O)NO)CCC(=O)N2CCC(CNC(=O)OC(C)(C)C)CC2)cc1. The van der Waals surface area contributed by atoms with Crippen LogP contribution in [0.15, 0.2) is 29.2 Å². The molecule has 0 spiro atoms. The first kappa shape index (κ1) is 33.3. The summed E-state index contributed by atoms with van der Waals surface area (Å²) >= 11 is 0. The number of likely N-dealkylation sites (tertiary alicyclic amines) is 1. The lowest BCUT2D eigenvalue weighted by molar-refractivity contribution is -0.132. The Balaban J connectivity index is 1.92. The van der Waals surface area contributed by atoms with Crippen LogP contribution in [0.5, 0.6) is 5.75 Å². The van der Waals surface area contributed by atoms with E-state index >= 15 is 0 Å². The van der Waals surface area contributed by atoms with Crippen molar-refractivity contribution in [2.75, 3.05) is 39.8 Å². The number of piperidine rings is 1. The molecule has 12 nitrogen and oxygen atoms in total. The van der Waals surface area contributed by atoms with E-state index in [1.165, 1.54) is 23.5 Å². The third-order valence-corrected chi connectivity index (χ3v) is 8.52. The minimum atomic E-state index is -3.86. The molecule has 40 heavy (non-hydrogen) atoms. The van der Waals surface area contributed by atoms with Gasteiger partial charge in [0.1, 0.15) is 11.4 Å². The van der Waals surface area contributed by atoms with Crippen LogP contribution in [0.3, 0.4) is 0 Å². The molecule has 1 aromatic rings. The zero-order valence-corrected chi connectivity index (χ0v) is 24.8. The quantitative estimate of drug-likeness (QED) is 0.171. The summed E-state index contributed by atoms with van der Waals surface area (Å²) in [5, 5.41) is 11.4. The molecule has 1 fully saturated rings. The normalized spacial score (nSPS) is 14.6. The predicted molar refractivity (Wildman–Crippen MR) is 148 cm³/mol. The second-order valence-electron chi connectivity index (χ2n) is 10.9. The molecule has 1 saturated heterocycles. The second kappa shape index (κ2) is 15.8. The molecule has 2 rings (SSSR count). The van der Waals surface area contributed by atoms with E-state index in [-0.39, 0.29) is 42.7 Å². The van der Waals surface area contributed by atoms with Crippen molar-refractivity contribution >= 4 is 27.9 Å². The maximum atomic E-state index is 13.4. The number of nitrogens with zero attached hydrogens (tertiary/aromatic N) is 2. The van der Waals surface area contributed by atoms with E-state index in [1.54, 1.807) is 43.3 Å². The van der Waals surface area contributed by atoms with Gasteiger partial charge in [-0.05, 0) is 76.6 Å². The smallest absolute Gasteiger partial charge is 0.407 e. The fourth-order valence-electron chi connectivity index (χ4n) is 4.36. The highest BCUT2D eigenvalue weighted by molar-refractivity contribution is 7.89. The van der Waals surface area contributed by atoms with Crippen molar-refractivity contribution < 1.29 is 37.5 Å². The van der Waals surface area contributed by atoms with Crippen LogP contribution in [0.2, 0.25) is 0 Å². The number of alkyl carbamates (subject to hydrolysis) is 1. The molecule has 0 aliphatic carbocycles. The van der Waals surface area contributed by atoms with Crippen LogP contribution in [0, 0.1) is 5.92 Å². The molecule has 0 bridgehead atoms. The number of unbranched alkanes of at least 4 members (excludes halogenated alkanes) is 2. The lowest BCUT2D eigenvalue weighted by atomic mass is 9.96. The van der Waals surface area contributed by atoms with E-state index in [9.17, 15) is 22.8 Å². The van der Waals surface area contributed by atoms with Crippen LogP contribution in [0.4, 0.5) is 4.79 Å². The lowest BCUT2D eigenvalue weighted by Crippen LogP contribution is -2.43. The first-order valence-corrected chi connectivity index (χ1v) is 15.1. The number of carbonyl (C=O) groups excluding carboxylic acids is 3. The number of rotatable bonds is 14. The van der Waals surface area contributed by atoms with Crippen LogP contribution in [-0.2, 0) is 24.3 Å². The van der Waals surface area contributed by atoms with Gasteiger partial charge in [-0.1, -0.05) is 6.42 Å². The number of hydroxylamine groups is 1. The van der Waals surface area contributed by atoms with E-state index in [0.29, 0.717) is 44.6 Å². The Morgan fingerprint density at radius 3 is 2.25 bits per heavy atom. The summed E-state index contributed by atoms with van der Waals surface area (Å²) in [7, 11) is -2.36. The highest BCUT2D eigenvalue weighted by Gasteiger charge is 2.28. The summed E-state index contributed by atoms with van der Waals surface area (Å²) in [5.74, 6) is 0.162. The predicted octanol–water partition coefficient (Wildman–Crippen LogP) is 2.91. The van der Waals surface area contributed by atoms with Gasteiger partial charge in [0.25, 0.3) is 0 Å². The molecule has 0 atom stereocenters. The van der Waals surface area contributed by atoms with Crippen LogP contribution in [-0.4, -0.2) is 86.2 Å². The fourth-order valence-corrected chi connectivity index (χ4v) is 5.84. The summed E-state index contributed by atoms with van der Waals surface area (Å²) in [4.78, 5) is 38.0. The highest BCUT2D eigenvalue weighted by atomic mass is 32.2. The van der Waals surface area contributed by atoms with Gasteiger partial charge in [-0.25, -0.2) is 18.7 Å². The molecule has 0 aromatic heterocycles. The summed E-state index contributed by atoms with van der Waals surface area (Å²) in [5.41, 5.74) is 1.02. The van der Waals surface area contributed by atoms with E-state index in [1.807, 2.05) is 0 Å². The Kier molecular flexibility index (Phi) is 13.1. The average molecular weight is 585 g/mol. The molecular weight excluding hydrogens is 540 g/mol. The number of hydrogen-bond acceptors (Lipinski definition) is 8. The van der Waals surface area contributed by atoms with Crippen molar-refractivity contribution in [3.63, 3.8) is 0 Å². The third kappa shape index (κ3) is 11.3. The molecule has 226 valence electrons. The maximum absolute atomic E-state index is 13.4. The largest absolute Gasteiger partial charge is 0.497 e. The van der Waals surface area contributed by atoms with Crippen molar-refractivity contribution in [2.24, 2.45) is 5.92 Å².